The fraction of sp³-hybridized carbons (Fsp3) is 0.370. The lowest BCUT2D eigenvalue weighted by Gasteiger charge is -2.32. The van der Waals surface area contributed by atoms with E-state index in [1.807, 2.05) is 54.6 Å². The minimum atomic E-state index is -0.339. The minimum Gasteiger partial charge on any atom is -0.445 e. The second-order valence-electron chi connectivity index (χ2n) is 7.60. The van der Waals surface area contributed by atoms with Gasteiger partial charge in [0.2, 0.25) is 0 Å². The van der Waals surface area contributed by atoms with Gasteiger partial charge in [0.25, 0.3) is 0 Å². The van der Waals surface area contributed by atoms with Crippen LogP contribution in [0, 0.1) is 0 Å². The number of ether oxygens (including phenoxy) is 2. The van der Waals surface area contributed by atoms with E-state index in [1.165, 1.54) is 0 Å². The number of hydrogen-bond acceptors (Lipinski definition) is 3. The molecule has 0 saturated heterocycles. The number of hydrogen-bond donors (Lipinski definition) is 0. The maximum Gasteiger partial charge on any atom is 0.410 e. The third-order valence-corrected chi connectivity index (χ3v) is 5.12. The van der Waals surface area contributed by atoms with Crippen molar-refractivity contribution < 1.29 is 14.3 Å². The molecular weight excluding hydrogens is 386 g/mol. The van der Waals surface area contributed by atoms with Crippen LogP contribution in [0.5, 0.6) is 0 Å². The molecule has 166 valence electrons. The molecule has 0 spiro atoms. The first-order valence-electron chi connectivity index (χ1n) is 11.0. The number of nitrogens with zero attached hydrogens (tertiary/aromatic N) is 1. The van der Waals surface area contributed by atoms with Gasteiger partial charge in [-0.05, 0) is 30.4 Å². The number of carbonyl (C=O) groups excluding carboxylic acids is 1. The summed E-state index contributed by atoms with van der Waals surface area (Å²) >= 11 is 0. The lowest BCUT2D eigenvalue weighted by Crippen LogP contribution is -2.42. The van der Waals surface area contributed by atoms with Crippen LogP contribution in [-0.4, -0.2) is 29.7 Å². The van der Waals surface area contributed by atoms with Crippen LogP contribution in [-0.2, 0) is 22.7 Å². The van der Waals surface area contributed by atoms with Crippen LogP contribution in [0.1, 0.15) is 43.7 Å². The zero-order valence-corrected chi connectivity index (χ0v) is 18.6. The van der Waals surface area contributed by atoms with Gasteiger partial charge in [-0.1, -0.05) is 86.2 Å². The first-order valence-corrected chi connectivity index (χ1v) is 11.0. The average molecular weight is 422 g/mol. The van der Waals surface area contributed by atoms with Gasteiger partial charge >= 0.3 is 6.09 Å². The molecule has 2 aromatic rings. The van der Waals surface area contributed by atoms with E-state index in [0.717, 1.165) is 30.4 Å². The zero-order valence-electron chi connectivity index (χ0n) is 18.6. The Morgan fingerprint density at radius 1 is 0.968 bits per heavy atom. The summed E-state index contributed by atoms with van der Waals surface area (Å²) < 4.78 is 11.8. The van der Waals surface area contributed by atoms with Crippen LogP contribution < -0.4 is 0 Å². The van der Waals surface area contributed by atoms with Crippen molar-refractivity contribution in [1.82, 2.24) is 4.90 Å². The average Bonchev–Trinajstić information content (AvgIpc) is 2.80. The van der Waals surface area contributed by atoms with E-state index in [-0.39, 0.29) is 24.8 Å². The molecule has 0 N–H and O–H groups in total. The number of benzene rings is 2. The Kier molecular flexibility index (Phi) is 11.2. The molecule has 2 atom stereocenters. The summed E-state index contributed by atoms with van der Waals surface area (Å²) in [7, 11) is 0. The first-order chi connectivity index (χ1) is 15.2. The van der Waals surface area contributed by atoms with Gasteiger partial charge in [0, 0.05) is 12.6 Å². The molecule has 0 heterocycles. The van der Waals surface area contributed by atoms with Crippen molar-refractivity contribution >= 4 is 6.09 Å². The molecule has 0 radical (unpaired) electrons. The fourth-order valence-corrected chi connectivity index (χ4v) is 3.54. The highest BCUT2D eigenvalue weighted by Crippen LogP contribution is 2.20. The maximum atomic E-state index is 12.9. The highest BCUT2D eigenvalue weighted by molar-refractivity contribution is 5.68. The molecule has 0 fully saturated rings. The van der Waals surface area contributed by atoms with E-state index in [4.69, 9.17) is 9.47 Å². The Balaban J connectivity index is 2.04. The Morgan fingerprint density at radius 2 is 1.58 bits per heavy atom. The van der Waals surface area contributed by atoms with Crippen LogP contribution in [0.2, 0.25) is 0 Å². The molecule has 2 rings (SSSR count). The predicted octanol–water partition coefficient (Wildman–Crippen LogP) is 6.53. The Labute approximate surface area is 187 Å². The van der Waals surface area contributed by atoms with Crippen LogP contribution in [0.4, 0.5) is 4.79 Å². The summed E-state index contributed by atoms with van der Waals surface area (Å²) in [5, 5.41) is 0. The predicted molar refractivity (Wildman–Crippen MR) is 127 cm³/mol. The van der Waals surface area contributed by atoms with E-state index >= 15 is 0 Å². The zero-order chi connectivity index (χ0) is 22.3. The largest absolute Gasteiger partial charge is 0.445 e. The van der Waals surface area contributed by atoms with E-state index < -0.39 is 0 Å². The monoisotopic (exact) mass is 421 g/mol. The molecular formula is C27H35NO3. The Bertz CT molecular complexity index is 776. The van der Waals surface area contributed by atoms with Crippen molar-refractivity contribution in [3.05, 3.63) is 97.1 Å². The van der Waals surface area contributed by atoms with E-state index in [1.54, 1.807) is 11.0 Å². The molecule has 2 aromatic carbocycles. The van der Waals surface area contributed by atoms with Gasteiger partial charge in [0.05, 0.1) is 12.7 Å². The lowest BCUT2D eigenvalue weighted by atomic mass is 10.0. The molecule has 0 unspecified atom stereocenters. The normalized spacial score (nSPS) is 12.5. The quantitative estimate of drug-likeness (QED) is 0.325. The maximum absolute atomic E-state index is 12.9. The van der Waals surface area contributed by atoms with Crippen molar-refractivity contribution in [2.75, 3.05) is 6.54 Å². The molecule has 31 heavy (non-hydrogen) atoms. The minimum absolute atomic E-state index is 0.0457. The topological polar surface area (TPSA) is 38.8 Å². The standard InChI is InChI=1S/C27H35NO3/c1-4-13-25(20-26(14-5-2)30-21-23-15-9-7-10-16-23)28(19-6-3)27(29)31-22-24-17-11-8-12-18-24/h4,6-12,15-18,25-26H,1,3,5,13-14,19-22H2,2H3/t25-,26+/m0/s1. The molecule has 4 heteroatoms. The molecule has 0 aliphatic rings. The fourth-order valence-electron chi connectivity index (χ4n) is 3.54. The number of carbonyl (C=O) groups is 1. The molecule has 0 aliphatic carbocycles. The van der Waals surface area contributed by atoms with Crippen molar-refractivity contribution in [3.8, 4) is 0 Å². The Hall–Kier alpha value is -2.85. The SMILES string of the molecule is C=CC[C@@H](C[C@@H](CCC)OCc1ccccc1)N(CC=C)C(=O)OCc1ccccc1. The van der Waals surface area contributed by atoms with Crippen LogP contribution in [0.3, 0.4) is 0 Å². The van der Waals surface area contributed by atoms with Crippen LogP contribution >= 0.6 is 0 Å². The van der Waals surface area contributed by atoms with Gasteiger partial charge in [-0.2, -0.15) is 0 Å². The lowest BCUT2D eigenvalue weighted by molar-refractivity contribution is 0.00817. The highest BCUT2D eigenvalue weighted by Gasteiger charge is 2.26. The summed E-state index contributed by atoms with van der Waals surface area (Å²) in [6, 6.07) is 19.8. The van der Waals surface area contributed by atoms with E-state index in [9.17, 15) is 4.79 Å². The summed E-state index contributed by atoms with van der Waals surface area (Å²) in [6.07, 6.45) is 6.63. The van der Waals surface area contributed by atoms with Gasteiger partial charge in [-0.3, -0.25) is 0 Å². The van der Waals surface area contributed by atoms with E-state index in [0.29, 0.717) is 19.6 Å². The second-order valence-corrected chi connectivity index (χ2v) is 7.60. The number of amides is 1. The van der Waals surface area contributed by atoms with Gasteiger partial charge in [-0.25, -0.2) is 4.79 Å². The first kappa shape index (κ1) is 24.4. The van der Waals surface area contributed by atoms with Crippen molar-refractivity contribution in [2.24, 2.45) is 0 Å². The van der Waals surface area contributed by atoms with Crippen LogP contribution in [0.25, 0.3) is 0 Å². The third-order valence-electron chi connectivity index (χ3n) is 5.12. The van der Waals surface area contributed by atoms with Gasteiger partial charge < -0.3 is 14.4 Å². The van der Waals surface area contributed by atoms with Crippen molar-refractivity contribution in [1.29, 1.82) is 0 Å². The molecule has 0 saturated carbocycles. The van der Waals surface area contributed by atoms with Gasteiger partial charge in [-0.15, -0.1) is 13.2 Å². The smallest absolute Gasteiger partial charge is 0.410 e. The second kappa shape index (κ2) is 14.2. The van der Waals surface area contributed by atoms with Gasteiger partial charge in [0.1, 0.15) is 6.61 Å². The molecule has 1 amide bonds. The molecule has 4 nitrogen and oxygen atoms in total. The third kappa shape index (κ3) is 8.81. The highest BCUT2D eigenvalue weighted by atomic mass is 16.6. The van der Waals surface area contributed by atoms with Crippen molar-refractivity contribution in [3.63, 3.8) is 0 Å². The molecule has 0 bridgehead atoms. The summed E-state index contributed by atoms with van der Waals surface area (Å²) in [4.78, 5) is 14.7. The Morgan fingerprint density at radius 3 is 2.13 bits per heavy atom. The van der Waals surface area contributed by atoms with E-state index in [2.05, 4.69) is 32.2 Å². The number of rotatable bonds is 14. The van der Waals surface area contributed by atoms with Crippen molar-refractivity contribution in [2.45, 2.75) is 58.0 Å². The van der Waals surface area contributed by atoms with Crippen LogP contribution in [0.15, 0.2) is 86.0 Å². The summed E-state index contributed by atoms with van der Waals surface area (Å²) in [6.45, 7) is 11.1. The van der Waals surface area contributed by atoms with Gasteiger partial charge in [0.15, 0.2) is 0 Å². The molecule has 0 aliphatic heterocycles. The molecule has 0 aromatic heterocycles. The summed E-state index contributed by atoms with van der Waals surface area (Å²) in [5.41, 5.74) is 2.11. The summed E-state index contributed by atoms with van der Waals surface area (Å²) in [5.74, 6) is 0.